The molecule has 1 aromatic heterocycles. The van der Waals surface area contributed by atoms with Crippen molar-refractivity contribution < 1.29 is 101 Å². The zero-order valence-corrected chi connectivity index (χ0v) is 30.3. The van der Waals surface area contributed by atoms with Gasteiger partial charge in [-0.1, -0.05) is 42.5 Å². The van der Waals surface area contributed by atoms with Crippen LogP contribution >= 0.6 is 0 Å². The van der Waals surface area contributed by atoms with E-state index in [2.05, 4.69) is 0 Å². The normalized spacial score (nSPS) is 11.7. The lowest BCUT2D eigenvalue weighted by atomic mass is 9.12. The number of rotatable bonds is 6. The third-order valence-electron chi connectivity index (χ3n) is 9.83. The van der Waals surface area contributed by atoms with Crippen LogP contribution in [0.2, 0.25) is 0 Å². The van der Waals surface area contributed by atoms with Gasteiger partial charge in [-0.15, -0.1) is 26.2 Å². The molecular weight excluding hydrogens is 923 g/mol. The molecule has 0 saturated carbocycles. The largest absolute Gasteiger partial charge is 0.396 e. The number of fused-ring (bicyclic) bond motifs is 1. The third kappa shape index (κ3) is 7.02. The van der Waals surface area contributed by atoms with Crippen molar-refractivity contribution in [2.75, 3.05) is 0 Å². The van der Waals surface area contributed by atoms with Gasteiger partial charge in [0, 0.05) is 17.0 Å². The van der Waals surface area contributed by atoms with Crippen LogP contribution in [0.3, 0.4) is 0 Å². The number of aromatic nitrogens is 1. The van der Waals surface area contributed by atoms with Gasteiger partial charge in [-0.25, -0.2) is 87.8 Å². The lowest BCUT2D eigenvalue weighted by Crippen LogP contribution is -2.81. The Hall–Kier alpha value is -6.75. The van der Waals surface area contributed by atoms with Crippen molar-refractivity contribution in [3.05, 3.63) is 194 Å². The van der Waals surface area contributed by atoms with E-state index in [1.165, 1.54) is 10.6 Å². The molecule has 0 unspecified atom stereocenters. The van der Waals surface area contributed by atoms with Gasteiger partial charge in [0.15, 0.2) is 76.4 Å². The molecule has 6 aromatic carbocycles. The Bertz CT molecular complexity index is 2670. The maximum absolute atomic E-state index is 15.4. The van der Waals surface area contributed by atoms with Gasteiger partial charge < -0.3 is 0 Å². The van der Waals surface area contributed by atoms with Gasteiger partial charge in [0.1, 0.15) is 52.7 Å². The Morgan fingerprint density at radius 1 is 0.312 bits per heavy atom. The van der Waals surface area contributed by atoms with Gasteiger partial charge >= 0.3 is 5.95 Å². The first-order chi connectivity index (χ1) is 30.0. The Morgan fingerprint density at radius 3 is 0.891 bits per heavy atom. The molecule has 1 heterocycles. The lowest BCUT2D eigenvalue weighted by molar-refractivity contribution is -0.693. The molecule has 0 bridgehead atoms. The molecule has 64 heavy (non-hydrogen) atoms. The van der Waals surface area contributed by atoms with Crippen molar-refractivity contribution in [2.24, 2.45) is 0 Å². The minimum atomic E-state index is -7.22. The number of para-hydroxylation sites is 1. The third-order valence-corrected chi connectivity index (χ3v) is 9.83. The summed E-state index contributed by atoms with van der Waals surface area (Å²) in [4.78, 5) is 0. The molecule has 7 rings (SSSR count). The predicted molar refractivity (Wildman–Crippen MR) is 179 cm³/mol. The summed E-state index contributed by atoms with van der Waals surface area (Å²) in [5, 5.41) is 0.692. The molecule has 0 atom stereocenters. The SMILES string of the molecule is Fc1c(F)c(F)c([B-](c2c(F)c(F)c(F)c(F)c2F)(c2c(F)c(F)c(F)c(F)c2F)c2c(F)c(F)c(F)c(F)c2F)c(F)c1F.Fc1cc2ccccc2[n+](Cc2ccccc2)c1F. The van der Waals surface area contributed by atoms with Gasteiger partial charge in [-0.05, 0) is 12.1 Å². The van der Waals surface area contributed by atoms with Crippen LogP contribution in [-0.2, 0) is 6.54 Å². The van der Waals surface area contributed by atoms with Crippen LogP contribution in [0.1, 0.15) is 5.56 Å². The smallest absolute Gasteiger partial charge is 0.207 e. The first-order valence-corrected chi connectivity index (χ1v) is 17.0. The summed E-state index contributed by atoms with van der Waals surface area (Å²) in [6, 6.07) is 17.9. The van der Waals surface area contributed by atoms with E-state index in [0.717, 1.165) is 5.56 Å². The van der Waals surface area contributed by atoms with Crippen LogP contribution in [0, 0.1) is 128 Å². The Morgan fingerprint density at radius 2 is 0.578 bits per heavy atom. The first-order valence-electron chi connectivity index (χ1n) is 17.0. The fourth-order valence-electron chi connectivity index (χ4n) is 7.08. The molecule has 0 aliphatic rings. The van der Waals surface area contributed by atoms with Crippen LogP contribution in [0.5, 0.6) is 0 Å². The fourth-order valence-corrected chi connectivity index (χ4v) is 7.08. The van der Waals surface area contributed by atoms with Crippen molar-refractivity contribution in [2.45, 2.75) is 6.54 Å². The highest BCUT2D eigenvalue weighted by atomic mass is 19.2. The Kier molecular flexibility index (Phi) is 12.5. The number of pyridine rings is 1. The van der Waals surface area contributed by atoms with E-state index in [1.54, 1.807) is 12.1 Å². The second-order valence-corrected chi connectivity index (χ2v) is 13.2. The van der Waals surface area contributed by atoms with Gasteiger partial charge in [-0.2, -0.15) is 8.96 Å². The monoisotopic (exact) mass is 935 g/mol. The fraction of sp³-hybridized carbons (Fsp3) is 0.0250. The summed E-state index contributed by atoms with van der Waals surface area (Å²) in [6.07, 6.45) is -7.22. The van der Waals surface area contributed by atoms with Crippen LogP contribution in [-0.4, -0.2) is 6.15 Å². The molecule has 0 radical (unpaired) electrons. The van der Waals surface area contributed by atoms with Crippen molar-refractivity contribution in [3.63, 3.8) is 0 Å². The zero-order chi connectivity index (χ0) is 47.6. The highest BCUT2D eigenvalue weighted by molar-refractivity contribution is 7.20. The van der Waals surface area contributed by atoms with Crippen molar-refractivity contribution >= 4 is 38.9 Å². The summed E-state index contributed by atoms with van der Waals surface area (Å²) in [5.74, 6) is -73.1. The number of halogens is 22. The van der Waals surface area contributed by atoms with E-state index in [-0.39, 0.29) is 0 Å². The van der Waals surface area contributed by atoms with E-state index >= 15 is 35.1 Å². The molecule has 0 aliphatic heterocycles. The maximum atomic E-state index is 15.4. The molecule has 1 nitrogen and oxygen atoms in total. The highest BCUT2D eigenvalue weighted by Gasteiger charge is 2.52. The van der Waals surface area contributed by atoms with Gasteiger partial charge in [0.05, 0.1) is 0 Å². The molecule has 0 amide bonds. The molecule has 0 spiro atoms. The average molecular weight is 935 g/mol. The number of benzene rings is 6. The predicted octanol–water partition coefficient (Wildman–Crippen LogP) is 9.30. The van der Waals surface area contributed by atoms with Crippen LogP contribution < -0.4 is 26.4 Å². The summed E-state index contributed by atoms with van der Waals surface area (Å²) in [7, 11) is 0. The molecule has 334 valence electrons. The van der Waals surface area contributed by atoms with E-state index in [4.69, 9.17) is 0 Å². The second kappa shape index (κ2) is 17.1. The summed E-state index contributed by atoms with van der Waals surface area (Å²) >= 11 is 0. The standard InChI is InChI=1S/C24BF20.C16H12F2N/c26-5-1(6(27)14(35)21(42)13(5)34)25(2-7(28)15(36)22(43)16(37)8(2)29,3-9(30)17(38)23(44)18(39)10(3)31)4-11(32)19(40)24(45)20(41)12(4)33;17-14-10-13-8-4-5-9-15(13)19(16(14)18)11-12-6-2-1-3-7-12/h;1-10H,11H2/q-1;+1. The van der Waals surface area contributed by atoms with Gasteiger partial charge in [0.25, 0.3) is 0 Å². The number of hydrogen-bond donors (Lipinski definition) is 0. The molecule has 0 saturated heterocycles. The van der Waals surface area contributed by atoms with Crippen LogP contribution in [0.4, 0.5) is 96.6 Å². The van der Waals surface area contributed by atoms with E-state index < -0.39 is 156 Å². The Balaban J connectivity index is 0.000000295. The topological polar surface area (TPSA) is 3.88 Å². The average Bonchev–Trinajstić information content (AvgIpc) is 3.28. The first kappa shape index (κ1) is 46.8. The lowest BCUT2D eigenvalue weighted by Gasteiger charge is -2.44. The quantitative estimate of drug-likeness (QED) is 0.0391. The van der Waals surface area contributed by atoms with Crippen molar-refractivity contribution in [1.82, 2.24) is 0 Å². The maximum Gasteiger partial charge on any atom is 0.396 e. The molecule has 0 fully saturated rings. The summed E-state index contributed by atoms with van der Waals surface area (Å²) in [6.45, 7) is 0.310. The van der Waals surface area contributed by atoms with E-state index in [0.29, 0.717) is 17.4 Å². The van der Waals surface area contributed by atoms with Gasteiger partial charge in [0.2, 0.25) is 11.3 Å². The second-order valence-electron chi connectivity index (χ2n) is 13.2. The molecule has 0 N–H and O–H groups in total. The van der Waals surface area contributed by atoms with Crippen molar-refractivity contribution in [3.8, 4) is 0 Å². The minimum absolute atomic E-state index is 0.310. The summed E-state index contributed by atoms with van der Waals surface area (Å²) in [5.41, 5.74) is -12.7. The minimum Gasteiger partial charge on any atom is -0.207 e. The molecule has 24 heteroatoms. The number of hydrogen-bond acceptors (Lipinski definition) is 0. The van der Waals surface area contributed by atoms with E-state index in [1.807, 2.05) is 42.5 Å². The molecule has 7 aromatic rings. The van der Waals surface area contributed by atoms with Crippen LogP contribution in [0.15, 0.2) is 60.7 Å². The van der Waals surface area contributed by atoms with E-state index in [9.17, 15) is 61.5 Å². The van der Waals surface area contributed by atoms with Crippen molar-refractivity contribution in [1.29, 1.82) is 0 Å². The van der Waals surface area contributed by atoms with Crippen LogP contribution in [0.25, 0.3) is 10.9 Å². The Labute approximate surface area is 340 Å². The molecule has 0 aliphatic carbocycles. The number of nitrogens with zero attached hydrogens (tertiary/aromatic N) is 1. The highest BCUT2D eigenvalue weighted by Crippen LogP contribution is 2.31. The van der Waals surface area contributed by atoms with Gasteiger partial charge in [-0.3, -0.25) is 0 Å². The zero-order valence-electron chi connectivity index (χ0n) is 30.3. The molecular formula is C40H12BF22N. The summed E-state index contributed by atoms with van der Waals surface area (Å²) < 4.78 is 323.